The molecule has 264 valence electrons. The number of aliphatic hydroxyl groups is 2. The molecule has 0 aromatic heterocycles. The first-order valence-corrected chi connectivity index (χ1v) is 18.0. The third-order valence-electron chi connectivity index (χ3n) is 7.96. The van der Waals surface area contributed by atoms with E-state index in [1.54, 1.807) is 24.3 Å². The van der Waals surface area contributed by atoms with Crippen LogP contribution in [-0.4, -0.2) is 65.4 Å². The van der Waals surface area contributed by atoms with Crippen molar-refractivity contribution in [3.05, 3.63) is 140 Å². The second-order valence-corrected chi connectivity index (χ2v) is 14.1. The molecule has 4 amide bonds. The zero-order valence-corrected chi connectivity index (χ0v) is 28.0. The molecule has 2 aliphatic rings. The molecule has 0 fully saturated rings. The average molecular weight is 743 g/mol. The van der Waals surface area contributed by atoms with Gasteiger partial charge in [0.2, 0.25) is 0 Å². The Morgan fingerprint density at radius 2 is 0.885 bits per heavy atom. The van der Waals surface area contributed by atoms with Gasteiger partial charge in [-0.15, -0.1) is 0 Å². The lowest BCUT2D eigenvalue weighted by molar-refractivity contribution is 0.0992. The number of nitrogens with zero attached hydrogens (tertiary/aromatic N) is 2. The number of aliphatic hydroxyl groups excluding tert-OH is 2. The van der Waals surface area contributed by atoms with E-state index in [9.17, 15) is 50.5 Å². The number of amides is 4. The molecule has 0 aliphatic heterocycles. The Kier molecular flexibility index (Phi) is 9.65. The van der Waals surface area contributed by atoms with Gasteiger partial charge in [-0.3, -0.25) is 18.7 Å². The quantitative estimate of drug-likeness (QED) is 0.151. The summed E-state index contributed by atoms with van der Waals surface area (Å²) in [5.74, 6) is -1.85. The normalized spacial score (nSPS) is 18.5. The summed E-state index contributed by atoms with van der Waals surface area (Å²) in [5, 5.41) is 26.7. The highest BCUT2D eigenvalue weighted by Crippen LogP contribution is 2.34. The summed E-state index contributed by atoms with van der Waals surface area (Å²) >= 11 is 0. The van der Waals surface area contributed by atoms with Crippen LogP contribution >= 0.6 is 0 Å². The zero-order valence-electron chi connectivity index (χ0n) is 26.4. The van der Waals surface area contributed by atoms with Gasteiger partial charge in [0.05, 0.1) is 11.4 Å². The van der Waals surface area contributed by atoms with Crippen molar-refractivity contribution in [1.82, 2.24) is 0 Å². The molecular formula is C35H26N4O11S2. The fraction of sp³-hybridized carbons (Fsp3) is 0.0571. The number of urea groups is 1. The third-order valence-corrected chi connectivity index (χ3v) is 9.72. The number of anilines is 2. The number of carbonyl (C=O) groups excluding carboxylic acids is 3. The van der Waals surface area contributed by atoms with Crippen LogP contribution in [0.5, 0.6) is 0 Å². The van der Waals surface area contributed by atoms with E-state index in [1.807, 2.05) is 0 Å². The van der Waals surface area contributed by atoms with E-state index in [1.165, 1.54) is 72.8 Å². The van der Waals surface area contributed by atoms with Crippen LogP contribution in [0.1, 0.15) is 55.2 Å². The first kappa shape index (κ1) is 35.9. The molecule has 2 aliphatic carbocycles. The number of fused-ring (bicyclic) bond motifs is 2. The van der Waals surface area contributed by atoms with Crippen LogP contribution in [-0.2, 0) is 20.2 Å². The van der Waals surface area contributed by atoms with E-state index < -0.39 is 71.5 Å². The van der Waals surface area contributed by atoms with E-state index in [2.05, 4.69) is 20.6 Å². The molecule has 4 aromatic rings. The van der Waals surface area contributed by atoms with Crippen molar-refractivity contribution >= 4 is 73.0 Å². The Balaban J connectivity index is 1.11. The molecule has 17 heteroatoms. The molecule has 0 saturated carbocycles. The van der Waals surface area contributed by atoms with Crippen LogP contribution in [0.2, 0.25) is 0 Å². The Bertz CT molecular complexity index is 2320. The van der Waals surface area contributed by atoms with Gasteiger partial charge in [-0.2, -0.15) is 16.8 Å². The fourth-order valence-electron chi connectivity index (χ4n) is 5.46. The van der Waals surface area contributed by atoms with Gasteiger partial charge in [0, 0.05) is 22.5 Å². The van der Waals surface area contributed by atoms with Crippen molar-refractivity contribution in [2.45, 2.75) is 12.2 Å². The van der Waals surface area contributed by atoms with Crippen molar-refractivity contribution in [3.63, 3.8) is 0 Å². The number of aliphatic imine (C=N–C) groups is 2. The molecule has 0 saturated heterocycles. The van der Waals surface area contributed by atoms with Gasteiger partial charge in [0.1, 0.15) is 22.0 Å². The van der Waals surface area contributed by atoms with Gasteiger partial charge in [-0.1, -0.05) is 48.5 Å². The highest BCUT2D eigenvalue weighted by Gasteiger charge is 2.34. The van der Waals surface area contributed by atoms with Crippen LogP contribution in [0.3, 0.4) is 0 Å². The minimum atomic E-state index is -4.85. The van der Waals surface area contributed by atoms with Gasteiger partial charge in [-0.25, -0.2) is 14.8 Å². The lowest BCUT2D eigenvalue weighted by Gasteiger charge is -2.22. The molecular weight excluding hydrogens is 717 g/mol. The number of benzene rings is 4. The molecule has 0 bridgehead atoms. The van der Waals surface area contributed by atoms with E-state index in [0.717, 1.165) is 12.2 Å². The molecule has 0 heterocycles. The lowest BCUT2D eigenvalue weighted by atomic mass is 9.93. The molecule has 6 N–H and O–H groups in total. The van der Waals surface area contributed by atoms with E-state index in [-0.39, 0.29) is 22.5 Å². The van der Waals surface area contributed by atoms with Gasteiger partial charge in [0.15, 0.2) is 0 Å². The summed E-state index contributed by atoms with van der Waals surface area (Å²) in [6.07, 6.45) is -0.997. The minimum absolute atomic E-state index is 0.0211. The van der Waals surface area contributed by atoms with E-state index in [4.69, 9.17) is 0 Å². The summed E-state index contributed by atoms with van der Waals surface area (Å²) < 4.78 is 67.6. The smallest absolute Gasteiger partial charge is 0.323 e. The number of rotatable bonds is 6. The van der Waals surface area contributed by atoms with Gasteiger partial charge in [-0.05, 0) is 82.9 Å². The maximum absolute atomic E-state index is 12.9. The molecule has 0 spiro atoms. The lowest BCUT2D eigenvalue weighted by Crippen LogP contribution is -2.25. The minimum Gasteiger partial charge on any atom is -0.382 e. The second-order valence-electron chi connectivity index (χ2n) is 11.4. The van der Waals surface area contributed by atoms with Crippen LogP contribution < -0.4 is 10.6 Å². The summed E-state index contributed by atoms with van der Waals surface area (Å²) in [6, 6.07) is 22.5. The summed E-state index contributed by atoms with van der Waals surface area (Å²) in [7, 11) is -9.71. The van der Waals surface area contributed by atoms with Crippen molar-refractivity contribution in [2.24, 2.45) is 9.98 Å². The summed E-state index contributed by atoms with van der Waals surface area (Å²) in [5.41, 5.74) is 0.584. The highest BCUT2D eigenvalue weighted by molar-refractivity contribution is 7.91. The Labute approximate surface area is 295 Å². The molecule has 52 heavy (non-hydrogen) atoms. The highest BCUT2D eigenvalue weighted by atomic mass is 32.2. The first-order valence-electron chi connectivity index (χ1n) is 15.1. The fourth-order valence-corrected chi connectivity index (χ4v) is 6.85. The largest absolute Gasteiger partial charge is 0.382 e. The first-order chi connectivity index (χ1) is 24.6. The molecule has 2 atom stereocenters. The summed E-state index contributed by atoms with van der Waals surface area (Å²) in [4.78, 5) is 44.7. The van der Waals surface area contributed by atoms with E-state index in [0.29, 0.717) is 22.3 Å². The van der Waals surface area contributed by atoms with Crippen molar-refractivity contribution in [2.75, 3.05) is 10.6 Å². The zero-order chi connectivity index (χ0) is 37.4. The molecule has 2 unspecified atom stereocenters. The maximum atomic E-state index is 12.9. The SMILES string of the molecule is O=C(Nc1ccc(C(=O)N=C2C(S(=O)(=O)O)=Cc3ccccc3C2O)cc1)Nc1ccc(C(=O)N=C2C(S(=O)(=O)O)=Cc3ccccc3C2O)cc1. The van der Waals surface area contributed by atoms with Gasteiger partial charge >= 0.3 is 6.03 Å². The van der Waals surface area contributed by atoms with Crippen LogP contribution in [0, 0.1) is 0 Å². The third kappa shape index (κ3) is 7.54. The van der Waals surface area contributed by atoms with Crippen molar-refractivity contribution < 1.29 is 50.5 Å². The van der Waals surface area contributed by atoms with Crippen LogP contribution in [0.15, 0.2) is 117 Å². The summed E-state index contributed by atoms with van der Waals surface area (Å²) in [6.45, 7) is 0. The Hall–Kier alpha value is -5.95. The number of carbonyl (C=O) groups is 3. The van der Waals surface area contributed by atoms with E-state index >= 15 is 0 Å². The Morgan fingerprint density at radius 3 is 1.23 bits per heavy atom. The standard InChI is InChI=1S/C35H26N4O11S2/c40-31-25-7-3-1-5-21(25)17-27(51(45,46)47)29(31)38-33(42)19-9-13-23(14-10-19)36-35(44)37-24-15-11-20(12-16-24)34(43)39-30-28(52(48,49)50)18-22-6-2-4-8-26(22)32(30)41/h1-18,31-32,40-41H,(H2,36,37,44)(H,45,46,47)(H,48,49,50). The number of nitrogens with one attached hydrogen (secondary N) is 2. The van der Waals surface area contributed by atoms with Crippen molar-refractivity contribution in [1.29, 1.82) is 0 Å². The predicted octanol–water partition coefficient (Wildman–Crippen LogP) is 4.44. The van der Waals surface area contributed by atoms with Gasteiger partial charge < -0.3 is 20.8 Å². The second kappa shape index (κ2) is 14.0. The number of hydrogen-bond donors (Lipinski definition) is 6. The molecule has 15 nitrogen and oxygen atoms in total. The molecule has 0 radical (unpaired) electrons. The monoisotopic (exact) mass is 742 g/mol. The Morgan fingerprint density at radius 1 is 0.538 bits per heavy atom. The average Bonchev–Trinajstić information content (AvgIpc) is 3.10. The van der Waals surface area contributed by atoms with Crippen molar-refractivity contribution in [3.8, 4) is 0 Å². The predicted molar refractivity (Wildman–Crippen MR) is 191 cm³/mol. The van der Waals surface area contributed by atoms with Crippen LogP contribution in [0.25, 0.3) is 12.2 Å². The number of hydrogen-bond acceptors (Lipinski definition) is 9. The molecule has 4 aromatic carbocycles. The van der Waals surface area contributed by atoms with Crippen LogP contribution in [0.4, 0.5) is 16.2 Å². The van der Waals surface area contributed by atoms with Gasteiger partial charge in [0.25, 0.3) is 32.1 Å². The topological polar surface area (TPSA) is 249 Å². The molecule has 6 rings (SSSR count). The maximum Gasteiger partial charge on any atom is 0.323 e.